The van der Waals surface area contributed by atoms with E-state index in [9.17, 15) is 9.59 Å². The lowest BCUT2D eigenvalue weighted by molar-refractivity contribution is -0.122. The van der Waals surface area contributed by atoms with Crippen LogP contribution in [0.2, 0.25) is 0 Å². The van der Waals surface area contributed by atoms with Crippen molar-refractivity contribution in [3.63, 3.8) is 0 Å². The van der Waals surface area contributed by atoms with Crippen molar-refractivity contribution in [2.24, 2.45) is 5.92 Å². The minimum Gasteiger partial charge on any atom is -0.344 e. The number of nitrogens with one attached hydrogen (secondary N) is 1. The smallest absolute Gasteiger partial charge is 0.270 e. The second-order valence-corrected chi connectivity index (χ2v) is 7.05. The molecule has 1 fully saturated rings. The Hall–Kier alpha value is -2.57. The Morgan fingerprint density at radius 1 is 1.23 bits per heavy atom. The van der Waals surface area contributed by atoms with E-state index in [0.29, 0.717) is 11.5 Å². The highest BCUT2D eigenvalue weighted by Gasteiger charge is 2.22. The molecule has 0 bridgehead atoms. The number of carbonyl (C=O) groups excluding carboxylic acids is 2. The Morgan fingerprint density at radius 2 is 2.00 bits per heavy atom. The fourth-order valence-electron chi connectivity index (χ4n) is 3.32. The predicted octanol–water partition coefficient (Wildman–Crippen LogP) is 2.80. The van der Waals surface area contributed by atoms with Crippen LogP contribution in [0.25, 0.3) is 11.5 Å². The summed E-state index contributed by atoms with van der Waals surface area (Å²) in [5, 5.41) is 10.8. The maximum Gasteiger partial charge on any atom is 0.270 e. The van der Waals surface area contributed by atoms with E-state index in [-0.39, 0.29) is 35.9 Å². The molecule has 2 aromatic heterocycles. The first-order valence-corrected chi connectivity index (χ1v) is 9.24. The van der Waals surface area contributed by atoms with Crippen molar-refractivity contribution in [2.45, 2.75) is 52.0 Å². The third-order valence-electron chi connectivity index (χ3n) is 4.82. The molecule has 1 N–H and O–H groups in total. The van der Waals surface area contributed by atoms with Crippen LogP contribution in [0, 0.1) is 5.92 Å². The summed E-state index contributed by atoms with van der Waals surface area (Å²) in [5.74, 6) is 0.487. The van der Waals surface area contributed by atoms with Crippen molar-refractivity contribution in [2.75, 3.05) is 6.54 Å². The molecule has 2 aromatic rings. The summed E-state index contributed by atoms with van der Waals surface area (Å²) >= 11 is 0. The minimum absolute atomic E-state index is 0.0670. The first-order chi connectivity index (χ1) is 12.6. The summed E-state index contributed by atoms with van der Waals surface area (Å²) in [6, 6.07) is 5.39. The lowest BCUT2D eigenvalue weighted by atomic mass is 9.86. The highest BCUT2D eigenvalue weighted by atomic mass is 16.2. The standard InChI is InChI=1S/C19H25N5O2/c1-13(2)24-12-21-23-18(24)15-9-6-10-16(22-15)19(26)20-11-17(25)14-7-4-3-5-8-14/h6,9-10,12-14H,3-5,7-8,11H2,1-2H3,(H,20,26). The number of rotatable bonds is 6. The highest BCUT2D eigenvalue weighted by molar-refractivity contribution is 5.96. The molecule has 0 atom stereocenters. The van der Waals surface area contributed by atoms with Gasteiger partial charge in [0.1, 0.15) is 17.7 Å². The monoisotopic (exact) mass is 355 g/mol. The van der Waals surface area contributed by atoms with Crippen LogP contribution in [0.4, 0.5) is 0 Å². The lowest BCUT2D eigenvalue weighted by Crippen LogP contribution is -2.34. The number of hydrogen-bond donors (Lipinski definition) is 1. The van der Waals surface area contributed by atoms with Gasteiger partial charge in [-0.15, -0.1) is 10.2 Å². The third-order valence-corrected chi connectivity index (χ3v) is 4.82. The zero-order chi connectivity index (χ0) is 18.5. The van der Waals surface area contributed by atoms with Gasteiger partial charge >= 0.3 is 0 Å². The normalized spacial score (nSPS) is 15.2. The van der Waals surface area contributed by atoms with Gasteiger partial charge in [-0.05, 0) is 38.8 Å². The van der Waals surface area contributed by atoms with Crippen LogP contribution in [0.15, 0.2) is 24.5 Å². The average Bonchev–Trinajstić information content (AvgIpc) is 3.17. The van der Waals surface area contributed by atoms with E-state index >= 15 is 0 Å². The zero-order valence-electron chi connectivity index (χ0n) is 15.3. The average molecular weight is 355 g/mol. The first kappa shape index (κ1) is 18.2. The molecule has 7 heteroatoms. The molecule has 0 aromatic carbocycles. The Morgan fingerprint density at radius 3 is 2.73 bits per heavy atom. The van der Waals surface area contributed by atoms with E-state index in [1.54, 1.807) is 24.5 Å². The lowest BCUT2D eigenvalue weighted by Gasteiger charge is -2.20. The van der Waals surface area contributed by atoms with E-state index in [4.69, 9.17) is 0 Å². The van der Waals surface area contributed by atoms with Gasteiger partial charge in [0.15, 0.2) is 11.6 Å². The van der Waals surface area contributed by atoms with Crippen LogP contribution in [0.1, 0.15) is 62.5 Å². The van der Waals surface area contributed by atoms with Gasteiger partial charge in [0.25, 0.3) is 5.91 Å². The fourth-order valence-corrected chi connectivity index (χ4v) is 3.32. The number of pyridine rings is 1. The van der Waals surface area contributed by atoms with Crippen LogP contribution < -0.4 is 5.32 Å². The van der Waals surface area contributed by atoms with Crippen molar-refractivity contribution < 1.29 is 9.59 Å². The second kappa shape index (κ2) is 8.21. The number of Topliss-reactive ketones (excluding diaryl/α,β-unsaturated/α-hetero) is 1. The van der Waals surface area contributed by atoms with Crippen LogP contribution in [0.3, 0.4) is 0 Å². The molecule has 0 unspecified atom stereocenters. The molecular weight excluding hydrogens is 330 g/mol. The molecule has 1 amide bonds. The number of aromatic nitrogens is 4. The van der Waals surface area contributed by atoms with Crippen molar-refractivity contribution in [3.05, 3.63) is 30.2 Å². The molecule has 0 spiro atoms. The number of amides is 1. The number of nitrogens with zero attached hydrogens (tertiary/aromatic N) is 4. The summed E-state index contributed by atoms with van der Waals surface area (Å²) in [6.07, 6.45) is 6.93. The summed E-state index contributed by atoms with van der Waals surface area (Å²) in [7, 11) is 0. The van der Waals surface area contributed by atoms with Gasteiger partial charge in [0, 0.05) is 12.0 Å². The molecule has 0 radical (unpaired) electrons. The van der Waals surface area contributed by atoms with Gasteiger partial charge in [0.2, 0.25) is 0 Å². The first-order valence-electron chi connectivity index (χ1n) is 9.24. The minimum atomic E-state index is -0.341. The van der Waals surface area contributed by atoms with E-state index in [1.807, 2.05) is 18.4 Å². The van der Waals surface area contributed by atoms with E-state index in [2.05, 4.69) is 20.5 Å². The second-order valence-electron chi connectivity index (χ2n) is 7.05. The van der Waals surface area contributed by atoms with Gasteiger partial charge in [-0.3, -0.25) is 9.59 Å². The molecular formula is C19H25N5O2. The maximum atomic E-state index is 12.4. The van der Waals surface area contributed by atoms with Crippen LogP contribution in [0.5, 0.6) is 0 Å². The number of ketones is 1. The molecule has 1 aliphatic rings. The molecule has 0 saturated heterocycles. The Labute approximate surface area is 153 Å². The molecule has 26 heavy (non-hydrogen) atoms. The predicted molar refractivity (Wildman–Crippen MR) is 97.6 cm³/mol. The van der Waals surface area contributed by atoms with E-state index in [1.165, 1.54) is 6.42 Å². The largest absolute Gasteiger partial charge is 0.344 e. The molecule has 7 nitrogen and oxygen atoms in total. The molecule has 1 aliphatic carbocycles. The summed E-state index contributed by atoms with van der Waals surface area (Å²) in [4.78, 5) is 29.1. The van der Waals surface area contributed by atoms with Crippen LogP contribution in [-0.2, 0) is 4.79 Å². The van der Waals surface area contributed by atoms with Crippen LogP contribution in [-0.4, -0.2) is 38.0 Å². The maximum absolute atomic E-state index is 12.4. The van der Waals surface area contributed by atoms with Crippen LogP contribution >= 0.6 is 0 Å². The number of hydrogen-bond acceptors (Lipinski definition) is 5. The quantitative estimate of drug-likeness (QED) is 0.860. The van der Waals surface area contributed by atoms with Crippen molar-refractivity contribution in [1.82, 2.24) is 25.1 Å². The van der Waals surface area contributed by atoms with Gasteiger partial charge < -0.3 is 9.88 Å². The molecule has 0 aliphatic heterocycles. The van der Waals surface area contributed by atoms with Gasteiger partial charge in [-0.25, -0.2) is 4.98 Å². The topological polar surface area (TPSA) is 89.8 Å². The Balaban J connectivity index is 1.66. The Kier molecular flexibility index (Phi) is 5.75. The van der Waals surface area contributed by atoms with Gasteiger partial charge in [0.05, 0.1) is 6.54 Å². The molecule has 138 valence electrons. The fraction of sp³-hybridized carbons (Fsp3) is 0.526. The third kappa shape index (κ3) is 4.15. The summed E-state index contributed by atoms with van der Waals surface area (Å²) in [6.45, 7) is 4.12. The Bertz CT molecular complexity index is 778. The molecule has 2 heterocycles. The van der Waals surface area contributed by atoms with Gasteiger partial charge in [-0.1, -0.05) is 25.3 Å². The van der Waals surface area contributed by atoms with Crippen molar-refractivity contribution >= 4 is 11.7 Å². The zero-order valence-corrected chi connectivity index (χ0v) is 15.3. The summed E-state index contributed by atoms with van der Waals surface area (Å²) < 4.78 is 1.90. The van der Waals surface area contributed by atoms with Crippen molar-refractivity contribution in [3.8, 4) is 11.5 Å². The highest BCUT2D eigenvalue weighted by Crippen LogP contribution is 2.24. The van der Waals surface area contributed by atoms with Gasteiger partial charge in [-0.2, -0.15) is 0 Å². The van der Waals surface area contributed by atoms with Crippen molar-refractivity contribution in [1.29, 1.82) is 0 Å². The van der Waals surface area contributed by atoms with E-state index < -0.39 is 0 Å². The van der Waals surface area contributed by atoms with E-state index in [0.717, 1.165) is 25.7 Å². The number of carbonyl (C=O) groups is 2. The summed E-state index contributed by atoms with van der Waals surface area (Å²) in [5.41, 5.74) is 0.861. The molecule has 1 saturated carbocycles. The molecule has 3 rings (SSSR count). The SMILES string of the molecule is CC(C)n1cnnc1-c1cccc(C(=O)NCC(=O)C2CCCCC2)n1.